The van der Waals surface area contributed by atoms with Crippen LogP contribution in [0.3, 0.4) is 0 Å². The summed E-state index contributed by atoms with van der Waals surface area (Å²) < 4.78 is 1.80. The van der Waals surface area contributed by atoms with E-state index in [1.807, 2.05) is 0 Å². The van der Waals surface area contributed by atoms with Gasteiger partial charge in [-0.1, -0.05) is 18.6 Å². The van der Waals surface area contributed by atoms with E-state index in [1.54, 1.807) is 22.9 Å². The third-order valence-corrected chi connectivity index (χ3v) is 2.84. The van der Waals surface area contributed by atoms with Crippen LogP contribution in [-0.2, 0) is 0 Å². The Morgan fingerprint density at radius 1 is 1.53 bits per heavy atom. The fraction of sp³-hybridized carbons (Fsp3) is 0.417. The molecule has 0 saturated carbocycles. The first-order chi connectivity index (χ1) is 8.13. The Bertz CT molecular complexity index is 548. The zero-order valence-electron chi connectivity index (χ0n) is 9.92. The highest BCUT2D eigenvalue weighted by Gasteiger charge is 2.12. The molecular formula is C12H15N3O2. The molecule has 0 aliphatic rings. The Balaban J connectivity index is 2.50. The summed E-state index contributed by atoms with van der Waals surface area (Å²) in [5, 5.41) is 17.1. The summed E-state index contributed by atoms with van der Waals surface area (Å²) in [5.41, 5.74) is 1.79. The predicted octanol–water partition coefficient (Wildman–Crippen LogP) is 2.49. The van der Waals surface area contributed by atoms with Gasteiger partial charge in [0.15, 0.2) is 0 Å². The van der Waals surface area contributed by atoms with Crippen LogP contribution in [-0.4, -0.2) is 26.1 Å². The first-order valence-corrected chi connectivity index (χ1v) is 5.71. The van der Waals surface area contributed by atoms with Crippen molar-refractivity contribution in [2.45, 2.75) is 32.7 Å². The summed E-state index contributed by atoms with van der Waals surface area (Å²) in [6.45, 7) is 4.17. The second kappa shape index (κ2) is 4.53. The number of carboxylic acid groups (broad SMARTS) is 1. The number of aromatic carboxylic acids is 1. The fourth-order valence-corrected chi connectivity index (χ4v) is 1.93. The third-order valence-electron chi connectivity index (χ3n) is 2.84. The summed E-state index contributed by atoms with van der Waals surface area (Å²) in [6.07, 6.45) is 2.05. The van der Waals surface area contributed by atoms with Crippen molar-refractivity contribution in [2.75, 3.05) is 0 Å². The molecule has 0 spiro atoms. The number of aromatic nitrogens is 3. The SMILES string of the molecule is CCCC(C)n1nnc2ccc(C(=O)O)cc21. The van der Waals surface area contributed by atoms with E-state index in [2.05, 4.69) is 24.2 Å². The third kappa shape index (κ3) is 2.13. The van der Waals surface area contributed by atoms with E-state index in [-0.39, 0.29) is 11.6 Å². The molecule has 17 heavy (non-hydrogen) atoms. The minimum Gasteiger partial charge on any atom is -0.478 e. The van der Waals surface area contributed by atoms with Gasteiger partial charge >= 0.3 is 5.97 Å². The Hall–Kier alpha value is -1.91. The number of rotatable bonds is 4. The molecule has 0 aliphatic heterocycles. The van der Waals surface area contributed by atoms with E-state index in [0.29, 0.717) is 0 Å². The highest BCUT2D eigenvalue weighted by molar-refractivity contribution is 5.92. The number of fused-ring (bicyclic) bond motifs is 1. The summed E-state index contributed by atoms with van der Waals surface area (Å²) >= 11 is 0. The van der Waals surface area contributed by atoms with Gasteiger partial charge < -0.3 is 5.11 Å². The van der Waals surface area contributed by atoms with E-state index >= 15 is 0 Å². The van der Waals surface area contributed by atoms with Gasteiger partial charge in [-0.3, -0.25) is 0 Å². The molecule has 90 valence electrons. The van der Waals surface area contributed by atoms with Crippen LogP contribution in [0.25, 0.3) is 11.0 Å². The number of nitrogens with zero attached hydrogens (tertiary/aromatic N) is 3. The summed E-state index contributed by atoms with van der Waals surface area (Å²) in [4.78, 5) is 10.9. The Morgan fingerprint density at radius 2 is 2.29 bits per heavy atom. The lowest BCUT2D eigenvalue weighted by molar-refractivity contribution is 0.0697. The van der Waals surface area contributed by atoms with Crippen LogP contribution in [0.2, 0.25) is 0 Å². The molecule has 1 heterocycles. The van der Waals surface area contributed by atoms with E-state index in [4.69, 9.17) is 5.11 Å². The van der Waals surface area contributed by atoms with E-state index in [1.165, 1.54) is 0 Å². The van der Waals surface area contributed by atoms with E-state index in [0.717, 1.165) is 23.9 Å². The predicted molar refractivity (Wildman–Crippen MR) is 64.1 cm³/mol. The second-order valence-electron chi connectivity index (χ2n) is 4.18. The molecule has 0 fully saturated rings. The Morgan fingerprint density at radius 3 is 2.94 bits per heavy atom. The van der Waals surface area contributed by atoms with Gasteiger partial charge in [0.1, 0.15) is 5.52 Å². The molecule has 5 nitrogen and oxygen atoms in total. The van der Waals surface area contributed by atoms with Crippen LogP contribution in [0.15, 0.2) is 18.2 Å². The molecule has 2 aromatic rings. The normalized spacial score (nSPS) is 12.8. The van der Waals surface area contributed by atoms with Gasteiger partial charge in [-0.15, -0.1) is 5.10 Å². The first-order valence-electron chi connectivity index (χ1n) is 5.71. The molecule has 1 atom stereocenters. The van der Waals surface area contributed by atoms with Crippen molar-refractivity contribution in [3.8, 4) is 0 Å². The summed E-state index contributed by atoms with van der Waals surface area (Å²) in [6, 6.07) is 5.10. The molecule has 1 aromatic heterocycles. The van der Waals surface area contributed by atoms with Crippen LogP contribution in [0.5, 0.6) is 0 Å². The average Bonchev–Trinajstić information content (AvgIpc) is 2.71. The first kappa shape index (κ1) is 11.6. The van der Waals surface area contributed by atoms with Gasteiger partial charge in [-0.05, 0) is 31.5 Å². The molecule has 1 unspecified atom stereocenters. The minimum atomic E-state index is -0.928. The zero-order chi connectivity index (χ0) is 12.4. The summed E-state index contributed by atoms with van der Waals surface area (Å²) in [7, 11) is 0. The maximum Gasteiger partial charge on any atom is 0.335 e. The van der Waals surface area contributed by atoms with Crippen molar-refractivity contribution in [2.24, 2.45) is 0 Å². The Kier molecular flexibility index (Phi) is 3.08. The molecular weight excluding hydrogens is 218 g/mol. The molecule has 0 bridgehead atoms. The number of carboxylic acids is 1. The molecule has 1 aromatic carbocycles. The van der Waals surface area contributed by atoms with Crippen molar-refractivity contribution >= 4 is 17.0 Å². The van der Waals surface area contributed by atoms with Gasteiger partial charge in [-0.25, -0.2) is 9.48 Å². The van der Waals surface area contributed by atoms with Gasteiger partial charge in [-0.2, -0.15) is 0 Å². The minimum absolute atomic E-state index is 0.231. The van der Waals surface area contributed by atoms with E-state index < -0.39 is 5.97 Å². The quantitative estimate of drug-likeness (QED) is 0.880. The van der Waals surface area contributed by atoms with Crippen molar-refractivity contribution in [3.63, 3.8) is 0 Å². The maximum absolute atomic E-state index is 10.9. The van der Waals surface area contributed by atoms with Crippen molar-refractivity contribution in [1.29, 1.82) is 0 Å². The summed E-state index contributed by atoms with van der Waals surface area (Å²) in [5.74, 6) is -0.928. The molecule has 0 amide bonds. The lowest BCUT2D eigenvalue weighted by Crippen LogP contribution is -2.07. The standard InChI is InChI=1S/C12H15N3O2/c1-3-4-8(2)15-11-7-9(12(16)17)5-6-10(11)13-14-15/h5-8H,3-4H2,1-2H3,(H,16,17). The average molecular weight is 233 g/mol. The molecule has 0 radical (unpaired) electrons. The van der Waals surface area contributed by atoms with E-state index in [9.17, 15) is 4.79 Å². The topological polar surface area (TPSA) is 68.0 Å². The largest absolute Gasteiger partial charge is 0.478 e. The molecule has 0 aliphatic carbocycles. The van der Waals surface area contributed by atoms with Gasteiger partial charge in [0.25, 0.3) is 0 Å². The molecule has 2 rings (SSSR count). The van der Waals surface area contributed by atoms with Crippen molar-refractivity contribution in [1.82, 2.24) is 15.0 Å². The van der Waals surface area contributed by atoms with Crippen LogP contribution < -0.4 is 0 Å². The van der Waals surface area contributed by atoms with Crippen LogP contribution in [0.4, 0.5) is 0 Å². The van der Waals surface area contributed by atoms with Crippen molar-refractivity contribution in [3.05, 3.63) is 23.8 Å². The highest BCUT2D eigenvalue weighted by atomic mass is 16.4. The van der Waals surface area contributed by atoms with Crippen LogP contribution in [0.1, 0.15) is 43.1 Å². The van der Waals surface area contributed by atoms with Gasteiger partial charge in [0.05, 0.1) is 17.1 Å². The highest BCUT2D eigenvalue weighted by Crippen LogP contribution is 2.20. The number of carbonyl (C=O) groups is 1. The lowest BCUT2D eigenvalue weighted by atomic mass is 10.1. The number of hydrogen-bond donors (Lipinski definition) is 1. The molecule has 0 saturated heterocycles. The number of benzene rings is 1. The van der Waals surface area contributed by atoms with Crippen molar-refractivity contribution < 1.29 is 9.90 Å². The second-order valence-corrected chi connectivity index (χ2v) is 4.18. The van der Waals surface area contributed by atoms with Gasteiger partial charge in [0, 0.05) is 0 Å². The lowest BCUT2D eigenvalue weighted by Gasteiger charge is -2.10. The monoisotopic (exact) mass is 233 g/mol. The maximum atomic E-state index is 10.9. The molecule has 5 heteroatoms. The number of hydrogen-bond acceptors (Lipinski definition) is 3. The van der Waals surface area contributed by atoms with Crippen LogP contribution >= 0.6 is 0 Å². The zero-order valence-corrected chi connectivity index (χ0v) is 9.92. The van der Waals surface area contributed by atoms with Crippen LogP contribution in [0, 0.1) is 0 Å². The smallest absolute Gasteiger partial charge is 0.335 e. The fourth-order valence-electron chi connectivity index (χ4n) is 1.93. The Labute approximate surface area is 99.1 Å². The van der Waals surface area contributed by atoms with Gasteiger partial charge in [0.2, 0.25) is 0 Å². The molecule has 1 N–H and O–H groups in total.